The summed E-state index contributed by atoms with van der Waals surface area (Å²) >= 11 is 0. The highest BCUT2D eigenvalue weighted by Gasteiger charge is 2.61. The number of carbonyl (C=O) groups excluding carboxylic acids is 1. The van der Waals surface area contributed by atoms with E-state index in [1.165, 1.54) is 0 Å². The molecule has 0 aromatic carbocycles. The van der Waals surface area contributed by atoms with E-state index in [0.29, 0.717) is 5.92 Å². The van der Waals surface area contributed by atoms with Crippen LogP contribution in [-0.4, -0.2) is 13.4 Å². The maximum atomic E-state index is 11.1. The summed E-state index contributed by atoms with van der Waals surface area (Å²) in [6.45, 7) is 6.72. The molecule has 0 aliphatic heterocycles. The second kappa shape index (κ2) is 2.62. The molecule has 0 spiro atoms. The molecule has 0 aromatic heterocycles. The van der Waals surface area contributed by atoms with Crippen LogP contribution in [0.15, 0.2) is 11.3 Å². The molecule has 2 aliphatic carbocycles. The summed E-state index contributed by atoms with van der Waals surface area (Å²) in [4.78, 5) is 11.1. The fourth-order valence-corrected chi connectivity index (χ4v) is 3.41. The molecule has 1 saturated carbocycles. The number of fused-ring (bicyclic) bond motifs is 2. The second-order valence-electron chi connectivity index (χ2n) is 5.25. The number of hydrogen-bond donors (Lipinski definition) is 0. The van der Waals surface area contributed by atoms with Gasteiger partial charge in [-0.2, -0.15) is 0 Å². The van der Waals surface area contributed by atoms with Crippen LogP contribution in [0.1, 0.15) is 33.6 Å². The number of hydrogen-bond acceptors (Lipinski definition) is 2. The van der Waals surface area contributed by atoms with Gasteiger partial charge in [-0.1, -0.05) is 20.8 Å². The SMILES string of the molecule is COC1=C(C=O)[C@@H]2CC[C@@]1(C)C2(C)C. The summed E-state index contributed by atoms with van der Waals surface area (Å²) < 4.78 is 5.44. The van der Waals surface area contributed by atoms with Gasteiger partial charge in [0.15, 0.2) is 0 Å². The average molecular weight is 194 g/mol. The van der Waals surface area contributed by atoms with Crippen molar-refractivity contribution >= 4 is 6.29 Å². The van der Waals surface area contributed by atoms with E-state index in [4.69, 9.17) is 4.74 Å². The van der Waals surface area contributed by atoms with E-state index in [0.717, 1.165) is 30.5 Å². The first kappa shape index (κ1) is 9.75. The lowest BCUT2D eigenvalue weighted by Gasteiger charge is -2.35. The molecule has 2 heteroatoms. The van der Waals surface area contributed by atoms with Crippen molar-refractivity contribution in [3.63, 3.8) is 0 Å². The standard InChI is InChI=1S/C12H18O2/c1-11(2)9-5-6-12(11,3)10(14-4)8(9)7-13/h7,9H,5-6H2,1-4H3/t9-,12+/m0/s1. The molecule has 0 heterocycles. The van der Waals surface area contributed by atoms with Gasteiger partial charge in [0.1, 0.15) is 12.0 Å². The molecule has 78 valence electrons. The van der Waals surface area contributed by atoms with Crippen molar-refractivity contribution < 1.29 is 9.53 Å². The van der Waals surface area contributed by atoms with Crippen molar-refractivity contribution in [3.8, 4) is 0 Å². The molecule has 14 heavy (non-hydrogen) atoms. The highest BCUT2D eigenvalue weighted by molar-refractivity contribution is 5.78. The largest absolute Gasteiger partial charge is 0.500 e. The summed E-state index contributed by atoms with van der Waals surface area (Å²) in [7, 11) is 1.68. The molecule has 0 N–H and O–H groups in total. The van der Waals surface area contributed by atoms with E-state index >= 15 is 0 Å². The van der Waals surface area contributed by atoms with Gasteiger partial charge in [0.05, 0.1) is 7.11 Å². The van der Waals surface area contributed by atoms with E-state index in [-0.39, 0.29) is 10.8 Å². The molecule has 0 saturated heterocycles. The van der Waals surface area contributed by atoms with E-state index in [2.05, 4.69) is 20.8 Å². The molecule has 0 aromatic rings. The van der Waals surface area contributed by atoms with Crippen LogP contribution >= 0.6 is 0 Å². The molecule has 2 rings (SSSR count). The van der Waals surface area contributed by atoms with Crippen LogP contribution in [0.3, 0.4) is 0 Å². The molecule has 2 atom stereocenters. The van der Waals surface area contributed by atoms with E-state index < -0.39 is 0 Å². The highest BCUT2D eigenvalue weighted by atomic mass is 16.5. The minimum absolute atomic E-state index is 0.0721. The Morgan fingerprint density at radius 1 is 1.43 bits per heavy atom. The van der Waals surface area contributed by atoms with E-state index in [1.54, 1.807) is 7.11 Å². The lowest BCUT2D eigenvalue weighted by Crippen LogP contribution is -2.30. The van der Waals surface area contributed by atoms with Crippen molar-refractivity contribution in [2.24, 2.45) is 16.7 Å². The highest BCUT2D eigenvalue weighted by Crippen LogP contribution is 2.67. The number of rotatable bonds is 2. The zero-order valence-corrected chi connectivity index (χ0v) is 9.39. The topological polar surface area (TPSA) is 26.3 Å². The molecular formula is C12H18O2. The van der Waals surface area contributed by atoms with Crippen molar-refractivity contribution in [1.29, 1.82) is 0 Å². The zero-order chi connectivity index (χ0) is 10.6. The average Bonchev–Trinajstić information content (AvgIpc) is 2.46. The monoisotopic (exact) mass is 194 g/mol. The third-order valence-electron chi connectivity index (χ3n) is 4.70. The molecule has 1 fully saturated rings. The van der Waals surface area contributed by atoms with Crippen LogP contribution in [0.4, 0.5) is 0 Å². The van der Waals surface area contributed by atoms with Crippen LogP contribution in [0.5, 0.6) is 0 Å². The number of ether oxygens (including phenoxy) is 1. The van der Waals surface area contributed by atoms with Crippen molar-refractivity contribution in [2.75, 3.05) is 7.11 Å². The van der Waals surface area contributed by atoms with Gasteiger partial charge in [0.25, 0.3) is 0 Å². The van der Waals surface area contributed by atoms with Crippen LogP contribution in [-0.2, 0) is 9.53 Å². The Morgan fingerprint density at radius 3 is 2.50 bits per heavy atom. The maximum Gasteiger partial charge on any atom is 0.149 e. The normalized spacial score (nSPS) is 39.0. The van der Waals surface area contributed by atoms with Gasteiger partial charge in [-0.25, -0.2) is 0 Å². The van der Waals surface area contributed by atoms with Gasteiger partial charge in [-0.3, -0.25) is 4.79 Å². The second-order valence-corrected chi connectivity index (χ2v) is 5.25. The Kier molecular flexibility index (Phi) is 1.82. The van der Waals surface area contributed by atoms with Crippen molar-refractivity contribution in [2.45, 2.75) is 33.6 Å². The predicted molar refractivity (Wildman–Crippen MR) is 54.7 cm³/mol. The Hall–Kier alpha value is -0.790. The van der Waals surface area contributed by atoms with Gasteiger partial charge in [0, 0.05) is 11.0 Å². The van der Waals surface area contributed by atoms with Crippen LogP contribution in [0.25, 0.3) is 0 Å². The number of carbonyl (C=O) groups is 1. The van der Waals surface area contributed by atoms with E-state index in [9.17, 15) is 4.79 Å². The number of allylic oxidation sites excluding steroid dienone is 2. The number of methoxy groups -OCH3 is 1. The Bertz CT molecular complexity index is 314. The van der Waals surface area contributed by atoms with Gasteiger partial charge in [0.2, 0.25) is 0 Å². The smallest absolute Gasteiger partial charge is 0.149 e. The summed E-state index contributed by atoms with van der Waals surface area (Å²) in [5.74, 6) is 1.34. The molecule has 2 nitrogen and oxygen atoms in total. The summed E-state index contributed by atoms with van der Waals surface area (Å²) in [6, 6.07) is 0. The van der Waals surface area contributed by atoms with Gasteiger partial charge >= 0.3 is 0 Å². The van der Waals surface area contributed by atoms with E-state index in [1.807, 2.05) is 0 Å². The summed E-state index contributed by atoms with van der Waals surface area (Å²) in [5.41, 5.74) is 1.16. The Balaban J connectivity index is 2.57. The molecule has 0 amide bonds. The maximum absolute atomic E-state index is 11.1. The molecule has 2 aliphatic rings. The lowest BCUT2D eigenvalue weighted by atomic mass is 9.69. The van der Waals surface area contributed by atoms with Crippen molar-refractivity contribution in [3.05, 3.63) is 11.3 Å². The first-order chi connectivity index (χ1) is 6.49. The molecule has 2 bridgehead atoms. The lowest BCUT2D eigenvalue weighted by molar-refractivity contribution is -0.105. The third-order valence-corrected chi connectivity index (χ3v) is 4.70. The van der Waals surface area contributed by atoms with Gasteiger partial charge < -0.3 is 4.74 Å². The molecular weight excluding hydrogens is 176 g/mol. The van der Waals surface area contributed by atoms with Crippen LogP contribution in [0, 0.1) is 16.7 Å². The molecule has 0 unspecified atom stereocenters. The fraction of sp³-hybridized carbons (Fsp3) is 0.750. The Morgan fingerprint density at radius 2 is 2.07 bits per heavy atom. The number of aldehydes is 1. The van der Waals surface area contributed by atoms with Gasteiger partial charge in [-0.15, -0.1) is 0 Å². The van der Waals surface area contributed by atoms with Crippen LogP contribution in [0.2, 0.25) is 0 Å². The fourth-order valence-electron chi connectivity index (χ4n) is 3.41. The summed E-state index contributed by atoms with van der Waals surface area (Å²) in [6.07, 6.45) is 3.27. The predicted octanol–water partition coefficient (Wildman–Crippen LogP) is 2.54. The summed E-state index contributed by atoms with van der Waals surface area (Å²) in [5, 5.41) is 0. The Labute approximate surface area is 85.3 Å². The van der Waals surface area contributed by atoms with Crippen LogP contribution < -0.4 is 0 Å². The minimum Gasteiger partial charge on any atom is -0.500 e. The molecule has 0 radical (unpaired) electrons. The third kappa shape index (κ3) is 0.800. The quantitative estimate of drug-likeness (QED) is 0.631. The first-order valence-electron chi connectivity index (χ1n) is 5.23. The van der Waals surface area contributed by atoms with Gasteiger partial charge in [-0.05, 0) is 24.2 Å². The minimum atomic E-state index is 0.0721. The first-order valence-corrected chi connectivity index (χ1v) is 5.23. The van der Waals surface area contributed by atoms with Crippen molar-refractivity contribution in [1.82, 2.24) is 0 Å². The zero-order valence-electron chi connectivity index (χ0n) is 9.39.